The Balaban J connectivity index is 2.02. The molecule has 2 aromatic heterocycles. The molecule has 8 nitrogen and oxygen atoms in total. The van der Waals surface area contributed by atoms with Gasteiger partial charge < -0.3 is 14.8 Å². The Morgan fingerprint density at radius 1 is 1.19 bits per heavy atom. The lowest BCUT2D eigenvalue weighted by atomic mass is 10.1. The first kappa shape index (κ1) is 23.3. The van der Waals surface area contributed by atoms with Crippen LogP contribution in [0.25, 0.3) is 10.2 Å². The number of rotatable bonds is 7. The standard InChI is InChI=1S/C20H18F3N3O5S/c1-4-30-14-8-12(13(26(28)29)9-15(14)31-5-2)24-18(27)17-10(3)11-6-7-16(20(21,22)23)25-19(11)32-17/h6-9H,4-5H2,1-3H3,(H,24,27). The van der Waals surface area contributed by atoms with Crippen LogP contribution < -0.4 is 14.8 Å². The molecule has 3 rings (SSSR count). The van der Waals surface area contributed by atoms with Crippen LogP contribution in [0.2, 0.25) is 0 Å². The number of nitro groups is 1. The SMILES string of the molecule is CCOc1cc(NC(=O)c2sc3nc(C(F)(F)F)ccc3c2C)c([N+](=O)[O-])cc1OCC. The minimum Gasteiger partial charge on any atom is -0.490 e. The quantitative estimate of drug-likeness (QED) is 0.358. The van der Waals surface area contributed by atoms with Crippen molar-refractivity contribution in [3.8, 4) is 11.5 Å². The van der Waals surface area contributed by atoms with Gasteiger partial charge in [0.2, 0.25) is 0 Å². The van der Waals surface area contributed by atoms with Gasteiger partial charge in [0.1, 0.15) is 16.2 Å². The number of hydrogen-bond donors (Lipinski definition) is 1. The summed E-state index contributed by atoms with van der Waals surface area (Å²) in [5.41, 5.74) is -1.20. The molecule has 0 aliphatic carbocycles. The van der Waals surface area contributed by atoms with Crippen LogP contribution in [0.5, 0.6) is 11.5 Å². The van der Waals surface area contributed by atoms with Crippen LogP contribution in [0, 0.1) is 17.0 Å². The lowest BCUT2D eigenvalue weighted by Crippen LogP contribution is -2.13. The van der Waals surface area contributed by atoms with Gasteiger partial charge in [-0.1, -0.05) is 0 Å². The molecule has 0 radical (unpaired) electrons. The number of carbonyl (C=O) groups excluding carboxylic acids is 1. The lowest BCUT2D eigenvalue weighted by Gasteiger charge is -2.13. The molecular weight excluding hydrogens is 451 g/mol. The minimum absolute atomic E-state index is 0.0404. The number of aromatic nitrogens is 1. The monoisotopic (exact) mass is 469 g/mol. The smallest absolute Gasteiger partial charge is 0.433 e. The van der Waals surface area contributed by atoms with Crippen molar-refractivity contribution in [1.29, 1.82) is 0 Å². The van der Waals surface area contributed by atoms with E-state index in [9.17, 15) is 28.1 Å². The van der Waals surface area contributed by atoms with E-state index in [1.54, 1.807) is 20.8 Å². The Kier molecular flexibility index (Phi) is 6.53. The van der Waals surface area contributed by atoms with Crippen molar-refractivity contribution in [1.82, 2.24) is 4.98 Å². The summed E-state index contributed by atoms with van der Waals surface area (Å²) >= 11 is 0.773. The molecule has 1 amide bonds. The van der Waals surface area contributed by atoms with Crippen molar-refractivity contribution in [3.05, 3.63) is 50.5 Å². The molecule has 12 heteroatoms. The number of carbonyl (C=O) groups is 1. The van der Waals surface area contributed by atoms with Gasteiger partial charge in [-0.15, -0.1) is 11.3 Å². The van der Waals surface area contributed by atoms with Crippen molar-refractivity contribution in [2.45, 2.75) is 26.9 Å². The number of thiophene rings is 1. The van der Waals surface area contributed by atoms with Crippen LogP contribution in [0.4, 0.5) is 24.5 Å². The highest BCUT2D eigenvalue weighted by atomic mass is 32.1. The molecule has 0 unspecified atom stereocenters. The molecule has 0 saturated carbocycles. The number of anilines is 1. The summed E-state index contributed by atoms with van der Waals surface area (Å²) in [6.07, 6.45) is -4.62. The minimum atomic E-state index is -4.62. The van der Waals surface area contributed by atoms with Crippen molar-refractivity contribution in [2.75, 3.05) is 18.5 Å². The van der Waals surface area contributed by atoms with Gasteiger partial charge in [-0.3, -0.25) is 14.9 Å². The maximum Gasteiger partial charge on any atom is 0.433 e. The van der Waals surface area contributed by atoms with Gasteiger partial charge in [0, 0.05) is 11.5 Å². The molecule has 3 aromatic rings. The van der Waals surface area contributed by atoms with E-state index in [4.69, 9.17) is 9.47 Å². The van der Waals surface area contributed by atoms with Gasteiger partial charge >= 0.3 is 6.18 Å². The van der Waals surface area contributed by atoms with Crippen LogP contribution in [0.3, 0.4) is 0 Å². The average Bonchev–Trinajstić information content (AvgIpc) is 3.05. The second-order valence-electron chi connectivity index (χ2n) is 6.50. The first-order chi connectivity index (χ1) is 15.1. The van der Waals surface area contributed by atoms with Gasteiger partial charge in [0.15, 0.2) is 11.5 Å². The average molecular weight is 469 g/mol. The van der Waals surface area contributed by atoms with E-state index in [1.165, 1.54) is 12.1 Å². The highest BCUT2D eigenvalue weighted by molar-refractivity contribution is 7.20. The number of fused-ring (bicyclic) bond motifs is 1. The number of alkyl halides is 3. The number of nitrogens with zero attached hydrogens (tertiary/aromatic N) is 2. The number of pyridine rings is 1. The summed E-state index contributed by atoms with van der Waals surface area (Å²) in [5, 5.41) is 14.4. The normalized spacial score (nSPS) is 11.4. The largest absolute Gasteiger partial charge is 0.490 e. The lowest BCUT2D eigenvalue weighted by molar-refractivity contribution is -0.384. The summed E-state index contributed by atoms with van der Waals surface area (Å²) in [6.45, 7) is 5.50. The Labute approximate surface area is 184 Å². The van der Waals surface area contributed by atoms with Gasteiger partial charge in [-0.05, 0) is 38.5 Å². The highest BCUT2D eigenvalue weighted by Crippen LogP contribution is 2.39. The fourth-order valence-electron chi connectivity index (χ4n) is 2.99. The zero-order valence-corrected chi connectivity index (χ0v) is 18.0. The predicted molar refractivity (Wildman–Crippen MR) is 113 cm³/mol. The molecule has 2 heterocycles. The summed E-state index contributed by atoms with van der Waals surface area (Å²) in [4.78, 5) is 27.5. The van der Waals surface area contributed by atoms with Crippen LogP contribution in [-0.4, -0.2) is 29.0 Å². The number of nitrogens with one attached hydrogen (secondary N) is 1. The molecule has 32 heavy (non-hydrogen) atoms. The first-order valence-electron chi connectivity index (χ1n) is 9.43. The van der Waals surface area contributed by atoms with Gasteiger partial charge in [-0.2, -0.15) is 13.2 Å². The third-order valence-electron chi connectivity index (χ3n) is 4.41. The first-order valence-corrected chi connectivity index (χ1v) is 10.2. The molecule has 170 valence electrons. The Morgan fingerprint density at radius 3 is 2.38 bits per heavy atom. The van der Waals surface area contributed by atoms with Crippen molar-refractivity contribution < 1.29 is 32.4 Å². The van der Waals surface area contributed by atoms with E-state index in [0.29, 0.717) is 10.9 Å². The molecule has 0 aliphatic heterocycles. The summed E-state index contributed by atoms with van der Waals surface area (Å²) < 4.78 is 49.7. The number of halogens is 3. The third kappa shape index (κ3) is 4.59. The van der Waals surface area contributed by atoms with E-state index >= 15 is 0 Å². The predicted octanol–water partition coefficient (Wildman–Crippen LogP) is 5.58. The van der Waals surface area contributed by atoms with Gasteiger partial charge in [0.05, 0.1) is 29.1 Å². The third-order valence-corrected chi connectivity index (χ3v) is 5.61. The molecule has 0 aliphatic rings. The summed E-state index contributed by atoms with van der Waals surface area (Å²) in [7, 11) is 0. The highest BCUT2D eigenvalue weighted by Gasteiger charge is 2.33. The second kappa shape index (κ2) is 8.99. The van der Waals surface area contributed by atoms with E-state index in [0.717, 1.165) is 23.5 Å². The molecule has 1 N–H and O–H groups in total. The molecule has 0 fully saturated rings. The van der Waals surface area contributed by atoms with Gasteiger partial charge in [-0.25, -0.2) is 4.98 Å². The van der Waals surface area contributed by atoms with Crippen LogP contribution >= 0.6 is 11.3 Å². The number of aryl methyl sites for hydroxylation is 1. The van der Waals surface area contributed by atoms with Crippen LogP contribution in [-0.2, 0) is 6.18 Å². The number of benzene rings is 1. The van der Waals surface area contributed by atoms with Crippen molar-refractivity contribution in [2.24, 2.45) is 0 Å². The van der Waals surface area contributed by atoms with E-state index in [1.807, 2.05) is 0 Å². The molecule has 0 bridgehead atoms. The fourth-order valence-corrected chi connectivity index (χ4v) is 4.06. The van der Waals surface area contributed by atoms with E-state index in [-0.39, 0.29) is 40.1 Å². The number of hydrogen-bond acceptors (Lipinski definition) is 7. The van der Waals surface area contributed by atoms with Crippen molar-refractivity contribution in [3.63, 3.8) is 0 Å². The second-order valence-corrected chi connectivity index (χ2v) is 7.50. The molecule has 0 atom stereocenters. The fraction of sp³-hybridized carbons (Fsp3) is 0.300. The zero-order valence-electron chi connectivity index (χ0n) is 17.2. The number of nitro benzene ring substituents is 1. The number of amides is 1. The molecule has 0 saturated heterocycles. The van der Waals surface area contributed by atoms with E-state index in [2.05, 4.69) is 10.3 Å². The van der Waals surface area contributed by atoms with E-state index < -0.39 is 28.4 Å². The molecular formula is C20H18F3N3O5S. The molecule has 1 aromatic carbocycles. The Morgan fingerprint density at radius 2 is 1.81 bits per heavy atom. The zero-order chi connectivity index (χ0) is 23.6. The summed E-state index contributed by atoms with van der Waals surface area (Å²) in [5.74, 6) is -0.352. The maximum absolute atomic E-state index is 13.0. The Hall–Kier alpha value is -3.41. The van der Waals surface area contributed by atoms with Crippen molar-refractivity contribution >= 4 is 38.8 Å². The maximum atomic E-state index is 13.0. The summed E-state index contributed by atoms with van der Waals surface area (Å²) in [6, 6.07) is 4.53. The molecule has 0 spiro atoms. The van der Waals surface area contributed by atoms with Gasteiger partial charge in [0.25, 0.3) is 11.6 Å². The number of ether oxygens (including phenoxy) is 2. The topological polar surface area (TPSA) is 104 Å². The Bertz CT molecular complexity index is 1190. The van der Waals surface area contributed by atoms with Crippen LogP contribution in [0.15, 0.2) is 24.3 Å². The van der Waals surface area contributed by atoms with Crippen LogP contribution in [0.1, 0.15) is 34.8 Å².